The van der Waals surface area contributed by atoms with Gasteiger partial charge in [0.2, 0.25) is 0 Å². The molecule has 1 fully saturated rings. The Hall–Kier alpha value is -2.57. The second-order valence-corrected chi connectivity index (χ2v) is 7.18. The van der Waals surface area contributed by atoms with Gasteiger partial charge in [-0.25, -0.2) is 4.39 Å². The van der Waals surface area contributed by atoms with Gasteiger partial charge in [-0.05, 0) is 36.2 Å². The van der Waals surface area contributed by atoms with Crippen molar-refractivity contribution in [2.45, 2.75) is 12.5 Å². The summed E-state index contributed by atoms with van der Waals surface area (Å²) in [5.41, 5.74) is 1.74. The fraction of sp³-hybridized carbons (Fsp3) is 0.391. The molecule has 5 nitrogen and oxygen atoms in total. The molecule has 1 N–H and O–H groups in total. The lowest BCUT2D eigenvalue weighted by Gasteiger charge is -2.36. The van der Waals surface area contributed by atoms with Gasteiger partial charge in [0.25, 0.3) is 0 Å². The SMILES string of the molecule is C=CCc1ccc(OCC(O)CN2CCN(c3ccccc3F)CC2)c(OC)c1. The first kappa shape index (κ1) is 21.1. The minimum absolute atomic E-state index is 0.185. The molecule has 0 aliphatic carbocycles. The summed E-state index contributed by atoms with van der Waals surface area (Å²) in [6.07, 6.45) is 1.98. The van der Waals surface area contributed by atoms with E-state index in [0.29, 0.717) is 23.7 Å². The summed E-state index contributed by atoms with van der Waals surface area (Å²) >= 11 is 0. The van der Waals surface area contributed by atoms with Crippen LogP contribution in [0.2, 0.25) is 0 Å². The van der Waals surface area contributed by atoms with Gasteiger partial charge in [0.05, 0.1) is 12.8 Å². The van der Waals surface area contributed by atoms with Gasteiger partial charge in [-0.1, -0.05) is 24.3 Å². The number of halogens is 1. The number of rotatable bonds is 9. The number of nitrogens with zero attached hydrogens (tertiary/aromatic N) is 2. The molecule has 2 aromatic rings. The lowest BCUT2D eigenvalue weighted by molar-refractivity contribution is 0.0653. The van der Waals surface area contributed by atoms with E-state index in [1.165, 1.54) is 6.07 Å². The van der Waals surface area contributed by atoms with Crippen molar-refractivity contribution in [2.75, 3.05) is 51.3 Å². The van der Waals surface area contributed by atoms with Crippen molar-refractivity contribution in [3.63, 3.8) is 0 Å². The molecule has 0 aromatic heterocycles. The van der Waals surface area contributed by atoms with Crippen molar-refractivity contribution in [1.29, 1.82) is 0 Å². The zero-order valence-corrected chi connectivity index (χ0v) is 16.9. The molecule has 6 heteroatoms. The molecule has 1 saturated heterocycles. The van der Waals surface area contributed by atoms with Crippen LogP contribution in [-0.4, -0.2) is 62.6 Å². The van der Waals surface area contributed by atoms with E-state index in [1.807, 2.05) is 35.2 Å². The molecule has 1 unspecified atom stereocenters. The highest BCUT2D eigenvalue weighted by Gasteiger charge is 2.21. The Morgan fingerprint density at radius 3 is 2.59 bits per heavy atom. The second kappa shape index (κ2) is 10.3. The number of para-hydroxylation sites is 1. The third-order valence-electron chi connectivity index (χ3n) is 5.07. The highest BCUT2D eigenvalue weighted by atomic mass is 19.1. The predicted octanol–water partition coefficient (Wildman–Crippen LogP) is 3.12. The first-order valence-corrected chi connectivity index (χ1v) is 9.91. The Morgan fingerprint density at radius 2 is 1.90 bits per heavy atom. The molecule has 1 aliphatic rings. The molecule has 1 heterocycles. The summed E-state index contributed by atoms with van der Waals surface area (Å²) in [5, 5.41) is 10.4. The Kier molecular flexibility index (Phi) is 7.49. The first-order chi connectivity index (χ1) is 14.1. The zero-order valence-electron chi connectivity index (χ0n) is 16.9. The lowest BCUT2D eigenvalue weighted by atomic mass is 10.1. The van der Waals surface area contributed by atoms with Crippen LogP contribution < -0.4 is 14.4 Å². The molecule has 156 valence electrons. The van der Waals surface area contributed by atoms with E-state index in [2.05, 4.69) is 11.5 Å². The summed E-state index contributed by atoms with van der Waals surface area (Å²) in [5.74, 6) is 1.07. The summed E-state index contributed by atoms with van der Waals surface area (Å²) in [7, 11) is 1.60. The predicted molar refractivity (Wildman–Crippen MR) is 113 cm³/mol. The topological polar surface area (TPSA) is 45.2 Å². The molecule has 1 atom stereocenters. The van der Waals surface area contributed by atoms with Crippen molar-refractivity contribution in [3.8, 4) is 11.5 Å². The Morgan fingerprint density at radius 1 is 1.14 bits per heavy atom. The molecular formula is C23H29FN2O3. The molecule has 0 amide bonds. The van der Waals surface area contributed by atoms with E-state index in [9.17, 15) is 9.50 Å². The fourth-order valence-electron chi connectivity index (χ4n) is 3.54. The number of hydrogen-bond donors (Lipinski definition) is 1. The number of hydrogen-bond acceptors (Lipinski definition) is 5. The quantitative estimate of drug-likeness (QED) is 0.656. The number of benzene rings is 2. The number of aliphatic hydroxyl groups excluding tert-OH is 1. The maximum Gasteiger partial charge on any atom is 0.161 e. The minimum atomic E-state index is -0.618. The number of piperazine rings is 1. The summed E-state index contributed by atoms with van der Waals surface area (Å²) in [6.45, 7) is 7.44. The van der Waals surface area contributed by atoms with E-state index < -0.39 is 6.10 Å². The molecular weight excluding hydrogens is 371 g/mol. The maximum absolute atomic E-state index is 13.9. The molecule has 0 radical (unpaired) electrons. The van der Waals surface area contributed by atoms with Gasteiger partial charge in [-0.3, -0.25) is 4.90 Å². The third kappa shape index (κ3) is 5.71. The van der Waals surface area contributed by atoms with Crippen LogP contribution in [0.1, 0.15) is 5.56 Å². The monoisotopic (exact) mass is 400 g/mol. The average Bonchev–Trinajstić information content (AvgIpc) is 2.74. The maximum atomic E-state index is 13.9. The average molecular weight is 400 g/mol. The van der Waals surface area contributed by atoms with E-state index >= 15 is 0 Å². The van der Waals surface area contributed by atoms with Gasteiger partial charge in [0, 0.05) is 32.7 Å². The molecule has 2 aromatic carbocycles. The second-order valence-electron chi connectivity index (χ2n) is 7.18. The normalized spacial score (nSPS) is 15.8. The van der Waals surface area contributed by atoms with Crippen molar-refractivity contribution in [3.05, 3.63) is 66.5 Å². The van der Waals surface area contributed by atoms with Crippen LogP contribution in [-0.2, 0) is 6.42 Å². The Balaban J connectivity index is 1.46. The fourth-order valence-corrected chi connectivity index (χ4v) is 3.54. The van der Waals surface area contributed by atoms with Crippen LogP contribution in [0.5, 0.6) is 11.5 Å². The zero-order chi connectivity index (χ0) is 20.6. The number of methoxy groups -OCH3 is 1. The number of aliphatic hydroxyl groups is 1. The molecule has 0 saturated carbocycles. The molecule has 3 rings (SSSR count). The van der Waals surface area contributed by atoms with Crippen LogP contribution >= 0.6 is 0 Å². The number of anilines is 1. The third-order valence-corrected chi connectivity index (χ3v) is 5.07. The number of allylic oxidation sites excluding steroid dienone is 1. The van der Waals surface area contributed by atoms with E-state index in [1.54, 1.807) is 19.2 Å². The van der Waals surface area contributed by atoms with Gasteiger partial charge in [-0.15, -0.1) is 6.58 Å². The van der Waals surface area contributed by atoms with Gasteiger partial charge in [-0.2, -0.15) is 0 Å². The minimum Gasteiger partial charge on any atom is -0.493 e. The molecule has 0 bridgehead atoms. The van der Waals surface area contributed by atoms with E-state index in [-0.39, 0.29) is 12.4 Å². The highest BCUT2D eigenvalue weighted by molar-refractivity contribution is 5.48. The van der Waals surface area contributed by atoms with Crippen LogP contribution in [0.4, 0.5) is 10.1 Å². The van der Waals surface area contributed by atoms with Gasteiger partial charge in [0.15, 0.2) is 11.5 Å². The van der Waals surface area contributed by atoms with Gasteiger partial charge >= 0.3 is 0 Å². The number of ether oxygens (including phenoxy) is 2. The summed E-state index contributed by atoms with van der Waals surface area (Å²) < 4.78 is 25.1. The molecule has 1 aliphatic heterocycles. The molecule has 0 spiro atoms. The largest absolute Gasteiger partial charge is 0.493 e. The van der Waals surface area contributed by atoms with Crippen LogP contribution in [0.15, 0.2) is 55.1 Å². The Labute approximate surface area is 172 Å². The van der Waals surface area contributed by atoms with Gasteiger partial charge in [0.1, 0.15) is 18.5 Å². The number of β-amino-alcohol motifs (C(OH)–C–C–N with tert-alkyl or cyclic N) is 1. The smallest absolute Gasteiger partial charge is 0.161 e. The van der Waals surface area contributed by atoms with Gasteiger partial charge < -0.3 is 19.5 Å². The first-order valence-electron chi connectivity index (χ1n) is 9.91. The lowest BCUT2D eigenvalue weighted by Crippen LogP contribution is -2.49. The van der Waals surface area contributed by atoms with Crippen molar-refractivity contribution in [2.24, 2.45) is 0 Å². The summed E-state index contributed by atoms with van der Waals surface area (Å²) in [4.78, 5) is 4.22. The van der Waals surface area contributed by atoms with Crippen molar-refractivity contribution < 1.29 is 19.0 Å². The standard InChI is InChI=1S/C23H29FN2O3/c1-3-6-18-9-10-22(23(15-18)28-2)29-17-19(27)16-25-11-13-26(14-12-25)21-8-5-4-7-20(21)24/h3-5,7-10,15,19,27H,1,6,11-14,16-17H2,2H3. The van der Waals surface area contributed by atoms with Crippen molar-refractivity contribution in [1.82, 2.24) is 4.90 Å². The van der Waals surface area contributed by atoms with Crippen LogP contribution in [0.3, 0.4) is 0 Å². The van der Waals surface area contributed by atoms with E-state index in [0.717, 1.165) is 38.2 Å². The molecule has 29 heavy (non-hydrogen) atoms. The van der Waals surface area contributed by atoms with Crippen LogP contribution in [0.25, 0.3) is 0 Å². The summed E-state index contributed by atoms with van der Waals surface area (Å²) in [6, 6.07) is 12.6. The van der Waals surface area contributed by atoms with E-state index in [4.69, 9.17) is 9.47 Å². The highest BCUT2D eigenvalue weighted by Crippen LogP contribution is 2.28. The Bertz CT molecular complexity index is 806. The van der Waals surface area contributed by atoms with Crippen LogP contribution in [0, 0.1) is 5.82 Å². The van der Waals surface area contributed by atoms with Crippen molar-refractivity contribution >= 4 is 5.69 Å².